The van der Waals surface area contributed by atoms with Gasteiger partial charge in [-0.15, -0.1) is 22.7 Å². The van der Waals surface area contributed by atoms with E-state index in [-0.39, 0.29) is 0 Å². The molecular formula is C28H19NS2. The molecule has 0 aliphatic rings. The van der Waals surface area contributed by atoms with Crippen molar-refractivity contribution in [1.29, 1.82) is 0 Å². The molecule has 1 nitrogen and oxygen atoms in total. The van der Waals surface area contributed by atoms with E-state index in [1.165, 1.54) is 52.2 Å². The van der Waals surface area contributed by atoms with Crippen molar-refractivity contribution in [3.63, 3.8) is 0 Å². The first-order valence-electron chi connectivity index (χ1n) is 10.3. The second-order valence-corrected chi connectivity index (χ2v) is 9.90. The molecule has 0 N–H and O–H groups in total. The van der Waals surface area contributed by atoms with E-state index in [4.69, 9.17) is 0 Å². The van der Waals surface area contributed by atoms with Gasteiger partial charge in [0.15, 0.2) is 0 Å². The average Bonchev–Trinajstić information content (AvgIpc) is 3.49. The minimum atomic E-state index is 0.952. The number of nitrogens with zero attached hydrogens (tertiary/aromatic N) is 1. The lowest BCUT2D eigenvalue weighted by Gasteiger charge is -2.11. The molecule has 0 unspecified atom stereocenters. The first kappa shape index (κ1) is 18.5. The molecule has 6 aromatic rings. The molecule has 148 valence electrons. The first-order valence-corrected chi connectivity index (χ1v) is 12.0. The Labute approximate surface area is 189 Å². The molecule has 3 heterocycles. The van der Waals surface area contributed by atoms with Gasteiger partial charge in [0, 0.05) is 43.9 Å². The van der Waals surface area contributed by atoms with E-state index in [0.717, 1.165) is 6.42 Å². The summed E-state index contributed by atoms with van der Waals surface area (Å²) in [6.07, 6.45) is 4.70. The lowest BCUT2D eigenvalue weighted by molar-refractivity contribution is 1.29. The fourth-order valence-corrected chi connectivity index (χ4v) is 6.32. The molecular weight excluding hydrogens is 414 g/mol. The van der Waals surface area contributed by atoms with Crippen molar-refractivity contribution in [2.24, 2.45) is 0 Å². The van der Waals surface area contributed by atoms with E-state index in [1.807, 2.05) is 41.1 Å². The zero-order valence-corrected chi connectivity index (χ0v) is 18.4. The third-order valence-electron chi connectivity index (χ3n) is 5.69. The second kappa shape index (κ2) is 7.77. The molecule has 31 heavy (non-hydrogen) atoms. The van der Waals surface area contributed by atoms with E-state index in [9.17, 15) is 0 Å². The summed E-state index contributed by atoms with van der Waals surface area (Å²) in [5.74, 6) is 0. The van der Waals surface area contributed by atoms with Gasteiger partial charge in [-0.05, 0) is 63.5 Å². The van der Waals surface area contributed by atoms with E-state index < -0.39 is 0 Å². The Morgan fingerprint density at radius 1 is 0.613 bits per heavy atom. The van der Waals surface area contributed by atoms with Gasteiger partial charge in [0.2, 0.25) is 0 Å². The van der Waals surface area contributed by atoms with Crippen LogP contribution in [0.5, 0.6) is 0 Å². The topological polar surface area (TPSA) is 12.9 Å². The number of hydrogen-bond donors (Lipinski definition) is 0. The Morgan fingerprint density at radius 3 is 2.03 bits per heavy atom. The van der Waals surface area contributed by atoms with Crippen LogP contribution in [0.2, 0.25) is 0 Å². The molecule has 0 aliphatic heterocycles. The molecule has 0 amide bonds. The minimum Gasteiger partial charge on any atom is -0.264 e. The molecule has 0 fully saturated rings. The van der Waals surface area contributed by atoms with Gasteiger partial charge in [0.1, 0.15) is 0 Å². The highest BCUT2D eigenvalue weighted by Crippen LogP contribution is 2.39. The zero-order chi connectivity index (χ0) is 20.6. The molecule has 3 aromatic carbocycles. The summed E-state index contributed by atoms with van der Waals surface area (Å²) < 4.78 is 0. The lowest BCUT2D eigenvalue weighted by atomic mass is 9.94. The number of thiophene rings is 2. The Bertz CT molecular complexity index is 1450. The van der Waals surface area contributed by atoms with Crippen LogP contribution in [0.3, 0.4) is 0 Å². The molecule has 0 atom stereocenters. The SMILES string of the molecule is c1cncc(-c2ccc(-c3ccc(Cc4c5ccccc5cc5ccccc45)s3)s2)c1. The van der Waals surface area contributed by atoms with Crippen LogP contribution in [0.25, 0.3) is 41.7 Å². The number of aromatic nitrogens is 1. The molecule has 6 rings (SSSR count). The van der Waals surface area contributed by atoms with Crippen LogP contribution in [0.1, 0.15) is 10.4 Å². The highest BCUT2D eigenvalue weighted by molar-refractivity contribution is 7.23. The van der Waals surface area contributed by atoms with Crippen LogP contribution in [0, 0.1) is 0 Å². The van der Waals surface area contributed by atoms with Gasteiger partial charge in [0.25, 0.3) is 0 Å². The van der Waals surface area contributed by atoms with Crippen LogP contribution in [0.15, 0.2) is 103 Å². The van der Waals surface area contributed by atoms with Crippen LogP contribution >= 0.6 is 22.7 Å². The molecule has 0 bridgehead atoms. The molecule has 0 saturated carbocycles. The number of benzene rings is 3. The lowest BCUT2D eigenvalue weighted by Crippen LogP contribution is -1.90. The van der Waals surface area contributed by atoms with Crippen molar-refractivity contribution in [3.05, 3.63) is 114 Å². The van der Waals surface area contributed by atoms with Crippen molar-refractivity contribution in [2.45, 2.75) is 6.42 Å². The summed E-state index contributed by atoms with van der Waals surface area (Å²) >= 11 is 3.74. The maximum absolute atomic E-state index is 4.25. The van der Waals surface area contributed by atoms with Crippen molar-refractivity contribution in [2.75, 3.05) is 0 Å². The molecule has 0 aliphatic carbocycles. The Kier molecular flexibility index (Phi) is 4.63. The van der Waals surface area contributed by atoms with Crippen LogP contribution < -0.4 is 0 Å². The predicted octanol–water partition coefficient (Wildman–Crippen LogP) is 8.44. The minimum absolute atomic E-state index is 0.952. The van der Waals surface area contributed by atoms with Crippen molar-refractivity contribution in [3.8, 4) is 20.2 Å². The average molecular weight is 434 g/mol. The highest BCUT2D eigenvalue weighted by Gasteiger charge is 2.12. The summed E-state index contributed by atoms with van der Waals surface area (Å²) in [4.78, 5) is 9.56. The van der Waals surface area contributed by atoms with Crippen molar-refractivity contribution < 1.29 is 0 Å². The monoisotopic (exact) mass is 433 g/mol. The molecule has 3 aromatic heterocycles. The largest absolute Gasteiger partial charge is 0.264 e. The Balaban J connectivity index is 1.38. The maximum Gasteiger partial charge on any atom is 0.0449 e. The van der Waals surface area contributed by atoms with Gasteiger partial charge in [-0.25, -0.2) is 0 Å². The van der Waals surface area contributed by atoms with Gasteiger partial charge in [0.05, 0.1) is 0 Å². The van der Waals surface area contributed by atoms with E-state index in [1.54, 1.807) is 0 Å². The molecule has 0 radical (unpaired) electrons. The van der Waals surface area contributed by atoms with E-state index in [2.05, 4.69) is 89.9 Å². The third kappa shape index (κ3) is 3.46. The second-order valence-electron chi connectivity index (χ2n) is 7.65. The molecule has 3 heteroatoms. The summed E-state index contributed by atoms with van der Waals surface area (Å²) in [5, 5.41) is 5.33. The number of hydrogen-bond acceptors (Lipinski definition) is 3. The standard InChI is InChI=1S/C28H19NS2/c1-3-9-23-19(6-1)16-20-7-2-4-10-24(20)25(23)17-22-11-12-27(30-22)28-14-13-26(31-28)21-8-5-15-29-18-21/h1-16,18H,17H2. The first-order chi connectivity index (χ1) is 15.3. The molecule has 0 spiro atoms. The summed E-state index contributed by atoms with van der Waals surface area (Å²) in [6.45, 7) is 0. The van der Waals surface area contributed by atoms with Crippen molar-refractivity contribution in [1.82, 2.24) is 4.98 Å². The van der Waals surface area contributed by atoms with Crippen LogP contribution in [-0.2, 0) is 6.42 Å². The zero-order valence-electron chi connectivity index (χ0n) is 16.8. The molecule has 0 saturated heterocycles. The summed E-state index contributed by atoms with van der Waals surface area (Å²) in [6, 6.07) is 32.9. The van der Waals surface area contributed by atoms with Crippen LogP contribution in [-0.4, -0.2) is 4.98 Å². The van der Waals surface area contributed by atoms with Gasteiger partial charge in [-0.1, -0.05) is 54.6 Å². The van der Waals surface area contributed by atoms with E-state index in [0.29, 0.717) is 0 Å². The summed E-state index contributed by atoms with van der Waals surface area (Å²) in [5.41, 5.74) is 2.60. The smallest absolute Gasteiger partial charge is 0.0449 e. The third-order valence-corrected chi connectivity index (χ3v) is 8.11. The normalized spacial score (nSPS) is 11.4. The van der Waals surface area contributed by atoms with Gasteiger partial charge in [-0.3, -0.25) is 4.98 Å². The maximum atomic E-state index is 4.25. The van der Waals surface area contributed by atoms with E-state index >= 15 is 0 Å². The Morgan fingerprint density at radius 2 is 1.29 bits per heavy atom. The van der Waals surface area contributed by atoms with Crippen molar-refractivity contribution >= 4 is 44.2 Å². The van der Waals surface area contributed by atoms with Gasteiger partial charge >= 0.3 is 0 Å². The van der Waals surface area contributed by atoms with Crippen LogP contribution in [0.4, 0.5) is 0 Å². The number of rotatable bonds is 4. The highest BCUT2D eigenvalue weighted by atomic mass is 32.1. The number of pyridine rings is 1. The fraction of sp³-hybridized carbons (Fsp3) is 0.0357. The van der Waals surface area contributed by atoms with Gasteiger partial charge < -0.3 is 0 Å². The number of fused-ring (bicyclic) bond motifs is 2. The summed E-state index contributed by atoms with van der Waals surface area (Å²) in [7, 11) is 0. The Hall–Kier alpha value is -3.27. The quantitative estimate of drug-likeness (QED) is 0.254. The fourth-order valence-electron chi connectivity index (χ4n) is 4.21. The van der Waals surface area contributed by atoms with Gasteiger partial charge in [-0.2, -0.15) is 0 Å². The predicted molar refractivity (Wildman–Crippen MR) is 135 cm³/mol.